The number of carbonyl (C=O) groups is 2. The number of hydrogen-bond donors (Lipinski definition) is 0. The summed E-state index contributed by atoms with van der Waals surface area (Å²) in [4.78, 5) is 27.4. The Hall–Kier alpha value is -3.11. The number of para-hydroxylation sites is 1. The van der Waals surface area contributed by atoms with Gasteiger partial charge in [-0.25, -0.2) is 4.79 Å². The van der Waals surface area contributed by atoms with Crippen LogP contribution in [0.2, 0.25) is 5.02 Å². The molecule has 1 saturated carbocycles. The smallest absolute Gasteiger partial charge is 0.337 e. The lowest BCUT2D eigenvalue weighted by Gasteiger charge is -2.19. The van der Waals surface area contributed by atoms with E-state index in [1.807, 2.05) is 59.5 Å². The van der Waals surface area contributed by atoms with Crippen molar-refractivity contribution < 1.29 is 14.3 Å². The van der Waals surface area contributed by atoms with Crippen molar-refractivity contribution in [2.24, 2.45) is 0 Å². The van der Waals surface area contributed by atoms with Crippen molar-refractivity contribution in [3.05, 3.63) is 100 Å². The van der Waals surface area contributed by atoms with E-state index >= 15 is 0 Å². The number of amides is 1. The van der Waals surface area contributed by atoms with Crippen molar-refractivity contribution in [2.75, 3.05) is 12.0 Å². The molecular formula is C25H20ClNO3. The van der Waals surface area contributed by atoms with Gasteiger partial charge >= 0.3 is 5.97 Å². The fourth-order valence-corrected chi connectivity index (χ4v) is 4.83. The molecule has 0 bridgehead atoms. The van der Waals surface area contributed by atoms with Gasteiger partial charge in [0.25, 0.3) is 0 Å². The Balaban J connectivity index is 1.49. The highest BCUT2D eigenvalue weighted by Crippen LogP contribution is 2.66. The minimum Gasteiger partial charge on any atom is -0.465 e. The van der Waals surface area contributed by atoms with Crippen LogP contribution >= 0.6 is 11.6 Å². The molecule has 150 valence electrons. The Morgan fingerprint density at radius 1 is 1.10 bits per heavy atom. The maximum absolute atomic E-state index is 13.7. The van der Waals surface area contributed by atoms with Crippen LogP contribution in [0, 0.1) is 0 Å². The van der Waals surface area contributed by atoms with Crippen LogP contribution in [0.15, 0.2) is 72.8 Å². The third kappa shape index (κ3) is 2.83. The number of esters is 1. The number of rotatable bonds is 4. The summed E-state index contributed by atoms with van der Waals surface area (Å²) in [6.07, 6.45) is 0.795. The van der Waals surface area contributed by atoms with E-state index in [1.165, 1.54) is 7.11 Å². The molecule has 0 radical (unpaired) electrons. The zero-order chi connectivity index (χ0) is 20.9. The minimum absolute atomic E-state index is 0.118. The number of hydrogen-bond acceptors (Lipinski definition) is 3. The molecule has 0 N–H and O–H groups in total. The normalized spacial score (nSPS) is 21.6. The highest BCUT2D eigenvalue weighted by molar-refractivity contribution is 6.30. The van der Waals surface area contributed by atoms with Crippen LogP contribution in [0.3, 0.4) is 0 Å². The Bertz CT molecular complexity index is 1160. The van der Waals surface area contributed by atoms with Crippen LogP contribution in [-0.4, -0.2) is 19.0 Å². The summed E-state index contributed by atoms with van der Waals surface area (Å²) in [6.45, 7) is 0.412. The molecule has 2 atom stereocenters. The quantitative estimate of drug-likeness (QED) is 0.555. The number of halogens is 1. The number of ether oxygens (including phenoxy) is 1. The predicted octanol–water partition coefficient (Wildman–Crippen LogP) is 5.10. The monoisotopic (exact) mass is 417 g/mol. The largest absolute Gasteiger partial charge is 0.465 e. The first kappa shape index (κ1) is 18.9. The van der Waals surface area contributed by atoms with Crippen molar-refractivity contribution >= 4 is 29.2 Å². The van der Waals surface area contributed by atoms with Crippen LogP contribution in [0.1, 0.15) is 39.4 Å². The van der Waals surface area contributed by atoms with Crippen LogP contribution in [0.5, 0.6) is 0 Å². The molecule has 4 nitrogen and oxygen atoms in total. The van der Waals surface area contributed by atoms with Gasteiger partial charge in [0.1, 0.15) is 0 Å². The molecule has 0 saturated heterocycles. The van der Waals surface area contributed by atoms with E-state index in [-0.39, 0.29) is 17.8 Å². The molecule has 1 spiro atoms. The molecule has 3 aromatic carbocycles. The second kappa shape index (κ2) is 6.99. The molecule has 1 aliphatic heterocycles. The third-order valence-corrected chi connectivity index (χ3v) is 6.48. The van der Waals surface area contributed by atoms with E-state index in [0.717, 1.165) is 28.8 Å². The molecule has 1 aliphatic carbocycles. The van der Waals surface area contributed by atoms with Gasteiger partial charge in [0.15, 0.2) is 0 Å². The molecule has 1 amide bonds. The molecular weight excluding hydrogens is 398 g/mol. The summed E-state index contributed by atoms with van der Waals surface area (Å²) in [6, 6.07) is 23.1. The lowest BCUT2D eigenvalue weighted by atomic mass is 9.92. The van der Waals surface area contributed by atoms with Gasteiger partial charge in [0.2, 0.25) is 5.91 Å². The first-order chi connectivity index (χ1) is 14.5. The third-order valence-electron chi connectivity index (χ3n) is 6.22. The van der Waals surface area contributed by atoms with Crippen LogP contribution in [0.4, 0.5) is 5.69 Å². The van der Waals surface area contributed by atoms with Crippen LogP contribution in [0.25, 0.3) is 0 Å². The number of methoxy groups -OCH3 is 1. The lowest BCUT2D eigenvalue weighted by molar-refractivity contribution is -0.120. The van der Waals surface area contributed by atoms with Crippen molar-refractivity contribution in [1.82, 2.24) is 0 Å². The highest BCUT2D eigenvalue weighted by atomic mass is 35.5. The molecule has 2 aliphatic rings. The van der Waals surface area contributed by atoms with E-state index < -0.39 is 5.41 Å². The van der Waals surface area contributed by atoms with Gasteiger partial charge in [-0.2, -0.15) is 0 Å². The number of anilines is 1. The van der Waals surface area contributed by atoms with Crippen molar-refractivity contribution in [3.63, 3.8) is 0 Å². The van der Waals surface area contributed by atoms with Crippen molar-refractivity contribution in [1.29, 1.82) is 0 Å². The van der Waals surface area contributed by atoms with Gasteiger partial charge in [0, 0.05) is 16.6 Å². The van der Waals surface area contributed by atoms with Crippen molar-refractivity contribution in [3.8, 4) is 0 Å². The number of nitrogens with zero attached hydrogens (tertiary/aromatic N) is 1. The maximum atomic E-state index is 13.7. The standard InChI is InChI=1S/C25H20ClNO3/c1-30-23(28)18-6-4-5-16(13-18)15-27-22-8-3-2-7-20(22)25(24(27)29)14-21(25)17-9-11-19(26)12-10-17/h2-13,21H,14-15H2,1H3/t21-,25-/m1/s1. The van der Waals surface area contributed by atoms with Gasteiger partial charge in [-0.05, 0) is 53.4 Å². The molecule has 0 unspecified atom stereocenters. The fraction of sp³-hybridized carbons (Fsp3) is 0.200. The zero-order valence-electron chi connectivity index (χ0n) is 16.5. The molecule has 1 heterocycles. The van der Waals surface area contributed by atoms with Crippen LogP contribution in [-0.2, 0) is 21.5 Å². The first-order valence-electron chi connectivity index (χ1n) is 9.89. The van der Waals surface area contributed by atoms with Gasteiger partial charge in [-0.3, -0.25) is 4.79 Å². The Morgan fingerprint density at radius 2 is 1.87 bits per heavy atom. The minimum atomic E-state index is -0.510. The zero-order valence-corrected chi connectivity index (χ0v) is 17.2. The van der Waals surface area contributed by atoms with Gasteiger partial charge in [-0.1, -0.05) is 54.1 Å². The van der Waals surface area contributed by atoms with E-state index in [0.29, 0.717) is 17.1 Å². The topological polar surface area (TPSA) is 46.6 Å². The van der Waals surface area contributed by atoms with Crippen LogP contribution < -0.4 is 4.90 Å². The fourth-order valence-electron chi connectivity index (χ4n) is 4.70. The highest BCUT2D eigenvalue weighted by Gasteiger charge is 2.66. The molecule has 3 aromatic rings. The molecule has 5 rings (SSSR count). The second-order valence-corrected chi connectivity index (χ2v) is 8.32. The Morgan fingerprint density at radius 3 is 2.63 bits per heavy atom. The summed E-state index contributed by atoms with van der Waals surface area (Å²) >= 11 is 6.05. The van der Waals surface area contributed by atoms with Crippen molar-refractivity contribution in [2.45, 2.75) is 24.3 Å². The maximum Gasteiger partial charge on any atom is 0.337 e. The Labute approximate surface area is 180 Å². The SMILES string of the molecule is COC(=O)c1cccc(CN2C(=O)[C@]3(C[C@@H]3c3ccc(Cl)cc3)c3ccccc32)c1. The molecule has 0 aromatic heterocycles. The average Bonchev–Trinajstić information content (AvgIpc) is 3.49. The summed E-state index contributed by atoms with van der Waals surface area (Å²) in [5.74, 6) is -0.117. The average molecular weight is 418 g/mol. The summed E-state index contributed by atoms with van der Waals surface area (Å²) in [5.41, 5.74) is 4.03. The first-order valence-corrected chi connectivity index (χ1v) is 10.3. The van der Waals surface area contributed by atoms with E-state index in [4.69, 9.17) is 16.3 Å². The number of benzene rings is 3. The lowest BCUT2D eigenvalue weighted by Crippen LogP contribution is -2.32. The van der Waals surface area contributed by atoms with Gasteiger partial charge in [-0.15, -0.1) is 0 Å². The van der Waals surface area contributed by atoms with E-state index in [2.05, 4.69) is 6.07 Å². The second-order valence-electron chi connectivity index (χ2n) is 7.88. The van der Waals surface area contributed by atoms with Gasteiger partial charge < -0.3 is 9.64 Å². The molecule has 30 heavy (non-hydrogen) atoms. The summed E-state index contributed by atoms with van der Waals surface area (Å²) in [7, 11) is 1.36. The number of carbonyl (C=O) groups excluding carboxylic acids is 2. The Kier molecular flexibility index (Phi) is 4.40. The van der Waals surface area contributed by atoms with E-state index in [1.54, 1.807) is 12.1 Å². The molecule has 1 fully saturated rings. The van der Waals surface area contributed by atoms with E-state index in [9.17, 15) is 9.59 Å². The van der Waals surface area contributed by atoms with Gasteiger partial charge in [0.05, 0.1) is 24.6 Å². The predicted molar refractivity (Wildman–Crippen MR) is 116 cm³/mol. The number of fused-ring (bicyclic) bond motifs is 2. The summed E-state index contributed by atoms with van der Waals surface area (Å²) < 4.78 is 4.82. The molecule has 5 heteroatoms. The summed E-state index contributed by atoms with van der Waals surface area (Å²) in [5, 5.41) is 0.693.